The quantitative estimate of drug-likeness (QED) is 0.651. The largest absolute Gasteiger partial charge is 0.293 e. The summed E-state index contributed by atoms with van der Waals surface area (Å²) in [7, 11) is 0. The van der Waals surface area contributed by atoms with Gasteiger partial charge in [-0.15, -0.1) is 0 Å². The second kappa shape index (κ2) is 4.79. The lowest BCUT2D eigenvalue weighted by Gasteiger charge is -2.57. The van der Waals surface area contributed by atoms with E-state index in [0.29, 0.717) is 11.1 Å². The summed E-state index contributed by atoms with van der Waals surface area (Å²) in [6, 6.07) is 1.57. The van der Waals surface area contributed by atoms with Gasteiger partial charge in [0.05, 0.1) is 0 Å². The molecule has 1 aliphatic carbocycles. The number of fused-ring (bicyclic) bond motifs is 1. The fraction of sp³-hybridized carbons (Fsp3) is 1.00. The van der Waals surface area contributed by atoms with Crippen LogP contribution in [0.3, 0.4) is 0 Å². The predicted molar refractivity (Wildman–Crippen MR) is 79.0 cm³/mol. The van der Waals surface area contributed by atoms with Gasteiger partial charge in [0.15, 0.2) is 0 Å². The van der Waals surface area contributed by atoms with Crippen molar-refractivity contribution in [2.75, 3.05) is 13.1 Å². The average molecular weight is 252 g/mol. The van der Waals surface area contributed by atoms with Crippen LogP contribution >= 0.6 is 0 Å². The average Bonchev–Trinajstić information content (AvgIpc) is 2.24. The summed E-state index contributed by atoms with van der Waals surface area (Å²) in [6.45, 7) is 16.8. The van der Waals surface area contributed by atoms with Gasteiger partial charge in [0.2, 0.25) is 0 Å². The third-order valence-corrected chi connectivity index (χ3v) is 4.80. The Hall–Kier alpha value is -0.0800. The first kappa shape index (κ1) is 14.3. The van der Waals surface area contributed by atoms with E-state index in [4.69, 9.17) is 0 Å². The molecule has 2 aliphatic rings. The van der Waals surface area contributed by atoms with Crippen LogP contribution in [0.4, 0.5) is 0 Å². The predicted octanol–water partition coefficient (Wildman–Crippen LogP) is 3.51. The zero-order chi connectivity index (χ0) is 13.6. The fourth-order valence-corrected chi connectivity index (χ4v) is 4.03. The van der Waals surface area contributed by atoms with Crippen LogP contribution in [-0.2, 0) is 0 Å². The normalized spacial score (nSPS) is 32.3. The molecule has 0 radical (unpaired) electrons. The summed E-state index contributed by atoms with van der Waals surface area (Å²) < 4.78 is 0. The highest BCUT2D eigenvalue weighted by Crippen LogP contribution is 2.37. The van der Waals surface area contributed by atoms with Crippen LogP contribution in [0.1, 0.15) is 67.2 Å². The first-order valence-corrected chi connectivity index (χ1v) is 7.75. The maximum atomic E-state index is 2.78. The first-order chi connectivity index (χ1) is 8.21. The SMILES string of the molecule is CC(C)(C)N1CCN(C(C)(C)C)C2CCCCC21. The molecule has 1 saturated carbocycles. The molecular formula is C16H32N2. The smallest absolute Gasteiger partial charge is 0.0257 e. The summed E-state index contributed by atoms with van der Waals surface area (Å²) >= 11 is 0. The molecule has 0 spiro atoms. The highest BCUT2D eigenvalue weighted by Gasteiger charge is 2.44. The van der Waals surface area contributed by atoms with E-state index in [9.17, 15) is 0 Å². The van der Waals surface area contributed by atoms with Crippen molar-refractivity contribution >= 4 is 0 Å². The van der Waals surface area contributed by atoms with Crippen LogP contribution in [-0.4, -0.2) is 46.1 Å². The lowest BCUT2D eigenvalue weighted by Crippen LogP contribution is -2.68. The van der Waals surface area contributed by atoms with Gasteiger partial charge in [-0.1, -0.05) is 12.8 Å². The molecule has 2 fully saturated rings. The van der Waals surface area contributed by atoms with Crippen LogP contribution in [0.25, 0.3) is 0 Å². The Labute approximate surface area is 114 Å². The monoisotopic (exact) mass is 252 g/mol. The van der Waals surface area contributed by atoms with Crippen LogP contribution < -0.4 is 0 Å². The Bertz CT molecular complexity index is 254. The van der Waals surface area contributed by atoms with E-state index in [-0.39, 0.29) is 0 Å². The van der Waals surface area contributed by atoms with Crippen molar-refractivity contribution in [1.82, 2.24) is 9.80 Å². The van der Waals surface area contributed by atoms with E-state index in [1.165, 1.54) is 38.8 Å². The fourth-order valence-electron chi connectivity index (χ4n) is 4.03. The molecule has 0 aromatic heterocycles. The second-order valence-electron chi connectivity index (χ2n) is 8.15. The van der Waals surface area contributed by atoms with Crippen molar-refractivity contribution in [2.45, 2.75) is 90.4 Å². The van der Waals surface area contributed by atoms with Gasteiger partial charge in [-0.05, 0) is 54.4 Å². The number of rotatable bonds is 0. The van der Waals surface area contributed by atoms with Crippen molar-refractivity contribution in [3.63, 3.8) is 0 Å². The number of piperazine rings is 1. The molecule has 0 aromatic carbocycles. The molecule has 0 bridgehead atoms. The van der Waals surface area contributed by atoms with Gasteiger partial charge in [0.1, 0.15) is 0 Å². The van der Waals surface area contributed by atoms with Gasteiger partial charge in [-0.25, -0.2) is 0 Å². The lowest BCUT2D eigenvalue weighted by atomic mass is 9.81. The van der Waals surface area contributed by atoms with Gasteiger partial charge < -0.3 is 0 Å². The molecule has 2 unspecified atom stereocenters. The van der Waals surface area contributed by atoms with Crippen LogP contribution in [0.15, 0.2) is 0 Å². The minimum absolute atomic E-state index is 0.324. The highest BCUT2D eigenvalue weighted by molar-refractivity contribution is 5.00. The minimum atomic E-state index is 0.324. The Kier molecular flexibility index (Phi) is 3.81. The summed E-state index contributed by atoms with van der Waals surface area (Å²) in [5, 5.41) is 0. The Balaban J connectivity index is 2.21. The van der Waals surface area contributed by atoms with Crippen molar-refractivity contribution in [3.05, 3.63) is 0 Å². The zero-order valence-corrected chi connectivity index (χ0v) is 13.3. The molecular weight excluding hydrogens is 220 g/mol. The first-order valence-electron chi connectivity index (χ1n) is 7.75. The third kappa shape index (κ3) is 2.75. The molecule has 1 heterocycles. The Morgan fingerprint density at radius 2 is 1.00 bits per heavy atom. The van der Waals surface area contributed by atoms with Crippen molar-refractivity contribution in [3.8, 4) is 0 Å². The second-order valence-corrected chi connectivity index (χ2v) is 8.15. The van der Waals surface area contributed by atoms with E-state index in [1.807, 2.05) is 0 Å². The number of hydrogen-bond donors (Lipinski definition) is 0. The molecule has 2 atom stereocenters. The molecule has 0 amide bonds. The summed E-state index contributed by atoms with van der Waals surface area (Å²) in [4.78, 5) is 5.55. The van der Waals surface area contributed by atoms with E-state index in [1.54, 1.807) is 0 Å². The van der Waals surface area contributed by atoms with Gasteiger partial charge in [-0.2, -0.15) is 0 Å². The highest BCUT2D eigenvalue weighted by atomic mass is 15.4. The summed E-state index contributed by atoms with van der Waals surface area (Å²) in [6.07, 6.45) is 5.64. The summed E-state index contributed by atoms with van der Waals surface area (Å²) in [5.41, 5.74) is 0.647. The molecule has 1 saturated heterocycles. The van der Waals surface area contributed by atoms with E-state index in [2.05, 4.69) is 51.3 Å². The van der Waals surface area contributed by atoms with Crippen LogP contribution in [0.2, 0.25) is 0 Å². The molecule has 2 nitrogen and oxygen atoms in total. The Morgan fingerprint density at radius 1 is 0.667 bits per heavy atom. The van der Waals surface area contributed by atoms with E-state index in [0.717, 1.165) is 12.1 Å². The molecule has 2 rings (SSSR count). The minimum Gasteiger partial charge on any atom is -0.293 e. The maximum Gasteiger partial charge on any atom is 0.0257 e. The van der Waals surface area contributed by atoms with Gasteiger partial charge >= 0.3 is 0 Å². The molecule has 2 heteroatoms. The van der Waals surface area contributed by atoms with Crippen LogP contribution in [0, 0.1) is 0 Å². The number of hydrogen-bond acceptors (Lipinski definition) is 2. The van der Waals surface area contributed by atoms with E-state index < -0.39 is 0 Å². The van der Waals surface area contributed by atoms with Crippen molar-refractivity contribution in [2.24, 2.45) is 0 Å². The van der Waals surface area contributed by atoms with E-state index >= 15 is 0 Å². The third-order valence-electron chi connectivity index (χ3n) is 4.80. The van der Waals surface area contributed by atoms with Crippen molar-refractivity contribution in [1.29, 1.82) is 0 Å². The summed E-state index contributed by atoms with van der Waals surface area (Å²) in [5.74, 6) is 0. The van der Waals surface area contributed by atoms with Crippen molar-refractivity contribution < 1.29 is 0 Å². The standard InChI is InChI=1S/C16H32N2/c1-15(2,3)17-11-12-18(16(4,5)6)14-10-8-7-9-13(14)17/h13-14H,7-12H2,1-6H3. The molecule has 18 heavy (non-hydrogen) atoms. The van der Waals surface area contributed by atoms with Gasteiger partial charge in [0.25, 0.3) is 0 Å². The molecule has 0 aromatic rings. The molecule has 0 N–H and O–H groups in total. The topological polar surface area (TPSA) is 6.48 Å². The molecule has 1 aliphatic heterocycles. The van der Waals surface area contributed by atoms with Gasteiger partial charge in [0, 0.05) is 36.3 Å². The Morgan fingerprint density at radius 3 is 1.28 bits per heavy atom. The maximum absolute atomic E-state index is 2.78. The zero-order valence-electron chi connectivity index (χ0n) is 13.3. The van der Waals surface area contributed by atoms with Gasteiger partial charge in [-0.3, -0.25) is 9.80 Å². The van der Waals surface area contributed by atoms with Crippen LogP contribution in [0.5, 0.6) is 0 Å². The molecule has 106 valence electrons. The number of nitrogens with zero attached hydrogens (tertiary/aromatic N) is 2. The lowest BCUT2D eigenvalue weighted by molar-refractivity contribution is -0.0796.